The molecule has 3 aromatic carbocycles. The van der Waals surface area contributed by atoms with E-state index in [2.05, 4.69) is 0 Å². The van der Waals surface area contributed by atoms with E-state index < -0.39 is 22.0 Å². The molecule has 0 unspecified atom stereocenters. The fourth-order valence-corrected chi connectivity index (χ4v) is 5.83. The molecule has 0 aliphatic carbocycles. The Balaban J connectivity index is 1.92. The normalized spacial score (nSPS) is 20.6. The smallest absolute Gasteiger partial charge is 0.155 e. The van der Waals surface area contributed by atoms with Crippen LogP contribution in [0.2, 0.25) is 0 Å². The van der Waals surface area contributed by atoms with Gasteiger partial charge in [-0.15, -0.1) is 0 Å². The molecular weight excluding hydrogens is 386 g/mol. The van der Waals surface area contributed by atoms with E-state index in [1.54, 1.807) is 18.2 Å². The third kappa shape index (κ3) is 4.13. The van der Waals surface area contributed by atoms with Crippen LogP contribution in [0.3, 0.4) is 0 Å². The van der Waals surface area contributed by atoms with Crippen molar-refractivity contribution in [2.45, 2.75) is 18.2 Å². The van der Waals surface area contributed by atoms with Crippen LogP contribution in [0.4, 0.5) is 5.69 Å². The maximum Gasteiger partial charge on any atom is 0.155 e. The molecule has 2 N–H and O–H groups in total. The summed E-state index contributed by atoms with van der Waals surface area (Å²) in [6.45, 7) is 0. The molecular formula is C23H23NO4S. The van der Waals surface area contributed by atoms with Gasteiger partial charge in [0, 0.05) is 11.8 Å². The Morgan fingerprint density at radius 2 is 1.41 bits per heavy atom. The van der Waals surface area contributed by atoms with Crippen molar-refractivity contribution in [2.24, 2.45) is 0 Å². The summed E-state index contributed by atoms with van der Waals surface area (Å²) in [6.07, 6.45) is -1.02. The number of aliphatic hydroxyl groups excluding tert-OH is 1. The van der Waals surface area contributed by atoms with Crippen LogP contribution >= 0.6 is 0 Å². The predicted octanol–water partition coefficient (Wildman–Crippen LogP) is 3.15. The van der Waals surface area contributed by atoms with Gasteiger partial charge in [0.05, 0.1) is 29.7 Å². The van der Waals surface area contributed by atoms with E-state index >= 15 is 0 Å². The Labute approximate surface area is 170 Å². The second kappa shape index (κ2) is 7.89. The molecule has 150 valence electrons. The molecule has 0 spiro atoms. The minimum atomic E-state index is -3.36. The van der Waals surface area contributed by atoms with Gasteiger partial charge in [-0.2, -0.15) is 0 Å². The summed E-state index contributed by atoms with van der Waals surface area (Å²) in [5.41, 5.74) is 2.60. The number of nitrogens with zero attached hydrogens (tertiary/aromatic N) is 1. The van der Waals surface area contributed by atoms with Crippen LogP contribution in [0, 0.1) is 0 Å². The topological polar surface area (TPSA) is 77.8 Å². The van der Waals surface area contributed by atoms with Crippen molar-refractivity contribution in [2.75, 3.05) is 16.4 Å². The van der Waals surface area contributed by atoms with E-state index in [0.717, 1.165) is 11.1 Å². The van der Waals surface area contributed by atoms with Crippen molar-refractivity contribution in [1.29, 1.82) is 0 Å². The molecule has 6 heteroatoms. The molecule has 0 bridgehead atoms. The van der Waals surface area contributed by atoms with Gasteiger partial charge in [0.25, 0.3) is 0 Å². The molecule has 0 radical (unpaired) electrons. The van der Waals surface area contributed by atoms with E-state index in [4.69, 9.17) is 0 Å². The highest BCUT2D eigenvalue weighted by atomic mass is 32.2. The van der Waals surface area contributed by atoms with Crippen LogP contribution in [-0.4, -0.2) is 42.3 Å². The summed E-state index contributed by atoms with van der Waals surface area (Å²) >= 11 is 0. The molecule has 3 aromatic rings. The van der Waals surface area contributed by atoms with Crippen LogP contribution in [0.15, 0.2) is 84.9 Å². The average molecular weight is 410 g/mol. The Hall–Kier alpha value is -2.83. The molecule has 0 aromatic heterocycles. The number of sulfone groups is 1. The fraction of sp³-hybridized carbons (Fsp3) is 0.217. The lowest BCUT2D eigenvalue weighted by atomic mass is 9.94. The molecule has 2 atom stereocenters. The van der Waals surface area contributed by atoms with E-state index in [9.17, 15) is 18.6 Å². The summed E-state index contributed by atoms with van der Waals surface area (Å²) in [5.74, 6) is -0.314. The largest absolute Gasteiger partial charge is 0.508 e. The van der Waals surface area contributed by atoms with E-state index in [1.807, 2.05) is 71.6 Å². The molecule has 5 nitrogen and oxygen atoms in total. The maximum atomic E-state index is 12.3. The second-order valence-electron chi connectivity index (χ2n) is 7.36. The molecule has 29 heavy (non-hydrogen) atoms. The van der Waals surface area contributed by atoms with Gasteiger partial charge < -0.3 is 15.1 Å². The van der Waals surface area contributed by atoms with Crippen molar-refractivity contribution in [3.05, 3.63) is 96.1 Å². The SMILES string of the molecule is O=S1(=O)C[C@@H](O)[C@H](N(c2cccc(O)c2)C(c2ccccc2)c2ccccc2)C1. The number of aromatic hydroxyl groups is 1. The van der Waals surface area contributed by atoms with E-state index in [-0.39, 0.29) is 23.3 Å². The van der Waals surface area contributed by atoms with Crippen molar-refractivity contribution < 1.29 is 18.6 Å². The first-order valence-corrected chi connectivity index (χ1v) is 11.3. The third-order valence-electron chi connectivity index (χ3n) is 5.29. The number of rotatable bonds is 5. The third-order valence-corrected chi connectivity index (χ3v) is 6.99. The molecule has 1 saturated heterocycles. The lowest BCUT2D eigenvalue weighted by molar-refractivity contribution is 0.175. The Morgan fingerprint density at radius 1 is 0.828 bits per heavy atom. The van der Waals surface area contributed by atoms with Crippen molar-refractivity contribution >= 4 is 15.5 Å². The first kappa shape index (κ1) is 19.5. The highest BCUT2D eigenvalue weighted by Crippen LogP contribution is 2.38. The fourth-order valence-electron chi connectivity index (χ4n) is 4.05. The maximum absolute atomic E-state index is 12.3. The van der Waals surface area contributed by atoms with Gasteiger partial charge >= 0.3 is 0 Å². The number of hydrogen-bond acceptors (Lipinski definition) is 5. The molecule has 1 aliphatic rings. The highest BCUT2D eigenvalue weighted by molar-refractivity contribution is 7.91. The Morgan fingerprint density at radius 3 is 1.90 bits per heavy atom. The van der Waals surface area contributed by atoms with Gasteiger partial charge in [-0.3, -0.25) is 0 Å². The van der Waals surface area contributed by atoms with Crippen molar-refractivity contribution in [3.63, 3.8) is 0 Å². The van der Waals surface area contributed by atoms with Gasteiger partial charge in [-0.1, -0.05) is 66.7 Å². The quantitative estimate of drug-likeness (QED) is 0.677. The van der Waals surface area contributed by atoms with E-state index in [1.165, 1.54) is 0 Å². The second-order valence-corrected chi connectivity index (χ2v) is 9.52. The Kier molecular flexibility index (Phi) is 5.30. The van der Waals surface area contributed by atoms with Crippen LogP contribution < -0.4 is 4.90 Å². The first-order chi connectivity index (χ1) is 13.9. The number of phenolic OH excluding ortho intramolecular Hbond substituents is 1. The summed E-state index contributed by atoms with van der Waals surface area (Å²) in [6, 6.07) is 25.3. The number of benzene rings is 3. The first-order valence-electron chi connectivity index (χ1n) is 9.50. The molecule has 4 rings (SSSR count). The van der Waals surface area contributed by atoms with Crippen LogP contribution in [0.1, 0.15) is 17.2 Å². The average Bonchev–Trinajstić information content (AvgIpc) is 2.99. The minimum Gasteiger partial charge on any atom is -0.508 e. The van der Waals surface area contributed by atoms with Crippen LogP contribution in [0.5, 0.6) is 5.75 Å². The van der Waals surface area contributed by atoms with Gasteiger partial charge in [0.15, 0.2) is 9.84 Å². The lowest BCUT2D eigenvalue weighted by Crippen LogP contribution is -2.46. The molecule has 1 fully saturated rings. The van der Waals surface area contributed by atoms with Gasteiger partial charge in [-0.05, 0) is 23.3 Å². The van der Waals surface area contributed by atoms with Crippen LogP contribution in [-0.2, 0) is 9.84 Å². The summed E-state index contributed by atoms with van der Waals surface area (Å²) in [5, 5.41) is 20.8. The highest BCUT2D eigenvalue weighted by Gasteiger charge is 2.43. The van der Waals surface area contributed by atoms with Gasteiger partial charge in [-0.25, -0.2) is 8.42 Å². The number of aliphatic hydroxyl groups is 1. The monoisotopic (exact) mass is 409 g/mol. The van der Waals surface area contributed by atoms with Gasteiger partial charge in [0.2, 0.25) is 0 Å². The van der Waals surface area contributed by atoms with E-state index in [0.29, 0.717) is 5.69 Å². The number of phenols is 1. The van der Waals surface area contributed by atoms with Crippen molar-refractivity contribution in [1.82, 2.24) is 0 Å². The Bertz CT molecular complexity index is 1030. The summed E-state index contributed by atoms with van der Waals surface area (Å²) < 4.78 is 24.6. The standard InChI is InChI=1S/C23H23NO4S/c25-20-13-7-12-19(14-20)24(21-15-29(27,28)16-22(21)26)23(17-8-3-1-4-9-17)18-10-5-2-6-11-18/h1-14,21-23,25-26H,15-16H2/t21-,22-/m1/s1. The number of hydrogen-bond donors (Lipinski definition) is 2. The predicted molar refractivity (Wildman–Crippen MR) is 114 cm³/mol. The zero-order valence-corrected chi connectivity index (χ0v) is 16.6. The number of anilines is 1. The van der Waals surface area contributed by atoms with Crippen LogP contribution in [0.25, 0.3) is 0 Å². The van der Waals surface area contributed by atoms with Gasteiger partial charge in [0.1, 0.15) is 5.75 Å². The summed E-state index contributed by atoms with van der Waals surface area (Å²) in [4.78, 5) is 1.93. The summed E-state index contributed by atoms with van der Waals surface area (Å²) in [7, 11) is -3.36. The zero-order valence-electron chi connectivity index (χ0n) is 15.8. The minimum absolute atomic E-state index is 0.0858. The van der Waals surface area contributed by atoms with Crippen molar-refractivity contribution in [3.8, 4) is 5.75 Å². The lowest BCUT2D eigenvalue weighted by Gasteiger charge is -2.40. The molecule has 1 heterocycles. The molecule has 0 saturated carbocycles. The zero-order chi connectivity index (χ0) is 20.4. The molecule has 0 amide bonds. The molecule has 1 aliphatic heterocycles.